The predicted octanol–water partition coefficient (Wildman–Crippen LogP) is 5.12. The van der Waals surface area contributed by atoms with Gasteiger partial charge in [0.1, 0.15) is 34.2 Å². The van der Waals surface area contributed by atoms with Crippen LogP contribution in [0.2, 0.25) is 0 Å². The minimum Gasteiger partial charge on any atom is -0.497 e. The van der Waals surface area contributed by atoms with Crippen molar-refractivity contribution in [2.75, 3.05) is 45.3 Å². The normalized spacial score (nSPS) is 14.8. The van der Waals surface area contributed by atoms with Crippen molar-refractivity contribution in [2.24, 2.45) is 0 Å². The molecule has 1 saturated heterocycles. The van der Waals surface area contributed by atoms with Gasteiger partial charge in [-0.15, -0.1) is 0 Å². The molecule has 1 N–H and O–H groups in total. The van der Waals surface area contributed by atoms with Crippen LogP contribution in [0, 0.1) is 0 Å². The molecule has 0 atom stereocenters. The van der Waals surface area contributed by atoms with Crippen molar-refractivity contribution in [3.63, 3.8) is 0 Å². The molecule has 2 aromatic carbocycles. The van der Waals surface area contributed by atoms with Crippen LogP contribution in [0.25, 0.3) is 33.5 Å². The molecule has 0 saturated carbocycles. The Kier molecular flexibility index (Phi) is 6.76. The van der Waals surface area contributed by atoms with E-state index in [4.69, 9.17) is 24.5 Å². The van der Waals surface area contributed by atoms with Gasteiger partial charge >= 0.3 is 0 Å². The Bertz CT molecular complexity index is 1690. The van der Waals surface area contributed by atoms with Crippen LogP contribution in [0.5, 0.6) is 11.5 Å². The maximum atomic E-state index is 5.96. The fraction of sp³-hybridized carbons (Fsp3) is 0.303. The first-order chi connectivity index (χ1) is 20.2. The van der Waals surface area contributed by atoms with Gasteiger partial charge in [0.25, 0.3) is 0 Å². The summed E-state index contributed by atoms with van der Waals surface area (Å²) in [6, 6.07) is 21.0. The summed E-state index contributed by atoms with van der Waals surface area (Å²) in [4.78, 5) is 12.5. The van der Waals surface area contributed by atoms with Crippen molar-refractivity contribution >= 4 is 16.9 Å². The van der Waals surface area contributed by atoms with E-state index >= 15 is 0 Å². The molecule has 8 nitrogen and oxygen atoms in total. The standard InChI is InChI=1S/C33H34N6O2/c1-40-25-12-9-22(10-13-25)21-39-28-19-29(41-2)32(27-8-4-6-23-5-3-7-26(23)27)36-33(28)31(37-39)24-11-14-30(35-20-24)38-17-15-34-16-18-38/h4,6,8-14,19-20,34H,3,5,7,15-18,21H2,1-2H3. The molecule has 5 aromatic rings. The first-order valence-electron chi connectivity index (χ1n) is 14.3. The SMILES string of the molecule is COc1ccc(Cn2nc(-c3ccc(N4CCNCC4)nc3)c3nc(-c4cccc5c4CCC5)c(OC)cc32)cc1. The van der Waals surface area contributed by atoms with Gasteiger partial charge in [-0.2, -0.15) is 5.10 Å². The zero-order valence-electron chi connectivity index (χ0n) is 23.6. The smallest absolute Gasteiger partial charge is 0.147 e. The molecule has 2 aliphatic rings. The highest BCUT2D eigenvalue weighted by molar-refractivity contribution is 5.93. The van der Waals surface area contributed by atoms with E-state index in [2.05, 4.69) is 58.7 Å². The molecule has 0 amide bonds. The molecule has 1 fully saturated rings. The molecular weight excluding hydrogens is 512 g/mol. The number of benzene rings is 2. The maximum absolute atomic E-state index is 5.96. The molecule has 0 unspecified atom stereocenters. The third kappa shape index (κ3) is 4.78. The molecule has 0 bridgehead atoms. The van der Waals surface area contributed by atoms with E-state index in [0.29, 0.717) is 6.54 Å². The first kappa shape index (κ1) is 25.5. The van der Waals surface area contributed by atoms with Crippen molar-refractivity contribution in [3.8, 4) is 34.0 Å². The summed E-state index contributed by atoms with van der Waals surface area (Å²) >= 11 is 0. The average molecular weight is 547 g/mol. The largest absolute Gasteiger partial charge is 0.497 e. The quantitative estimate of drug-likeness (QED) is 0.304. The Morgan fingerprint density at radius 2 is 1.76 bits per heavy atom. The summed E-state index contributed by atoms with van der Waals surface area (Å²) in [5, 5.41) is 8.53. The Morgan fingerprint density at radius 1 is 0.902 bits per heavy atom. The predicted molar refractivity (Wildman–Crippen MR) is 162 cm³/mol. The summed E-state index contributed by atoms with van der Waals surface area (Å²) in [6.45, 7) is 4.45. The molecule has 8 heteroatoms. The van der Waals surface area contributed by atoms with Gasteiger partial charge in [-0.25, -0.2) is 9.97 Å². The zero-order valence-corrected chi connectivity index (χ0v) is 23.6. The maximum Gasteiger partial charge on any atom is 0.147 e. The van der Waals surface area contributed by atoms with E-state index < -0.39 is 0 Å². The lowest BCUT2D eigenvalue weighted by Gasteiger charge is -2.28. The summed E-state index contributed by atoms with van der Waals surface area (Å²) in [6.07, 6.45) is 5.29. The lowest BCUT2D eigenvalue weighted by molar-refractivity contribution is 0.414. The number of piperazine rings is 1. The minimum atomic E-state index is 0.595. The molecule has 1 aliphatic heterocycles. The number of nitrogens with one attached hydrogen (secondary N) is 1. The molecule has 3 aromatic heterocycles. The van der Waals surface area contributed by atoms with Gasteiger partial charge in [0.05, 0.1) is 26.3 Å². The highest BCUT2D eigenvalue weighted by atomic mass is 16.5. The second-order valence-electron chi connectivity index (χ2n) is 10.7. The molecular formula is C33H34N6O2. The zero-order chi connectivity index (χ0) is 27.8. The Morgan fingerprint density at radius 3 is 2.51 bits per heavy atom. The van der Waals surface area contributed by atoms with Gasteiger partial charge in [0, 0.05) is 49.6 Å². The van der Waals surface area contributed by atoms with Gasteiger partial charge in [-0.3, -0.25) is 4.68 Å². The number of methoxy groups -OCH3 is 2. The number of fused-ring (bicyclic) bond motifs is 2. The molecule has 1 aliphatic carbocycles. The van der Waals surface area contributed by atoms with Crippen LogP contribution in [0.1, 0.15) is 23.1 Å². The van der Waals surface area contributed by atoms with E-state index in [1.165, 1.54) is 17.5 Å². The number of pyridine rings is 2. The van der Waals surface area contributed by atoms with Crippen molar-refractivity contribution < 1.29 is 9.47 Å². The number of hydrogen-bond acceptors (Lipinski definition) is 7. The number of nitrogens with zero attached hydrogens (tertiary/aromatic N) is 5. The Labute approximate surface area is 240 Å². The monoisotopic (exact) mass is 546 g/mol. The summed E-state index contributed by atoms with van der Waals surface area (Å²) in [7, 11) is 3.40. The van der Waals surface area contributed by atoms with Crippen molar-refractivity contribution in [1.29, 1.82) is 0 Å². The van der Waals surface area contributed by atoms with Crippen LogP contribution in [0.4, 0.5) is 5.82 Å². The van der Waals surface area contributed by atoms with Gasteiger partial charge in [-0.1, -0.05) is 30.3 Å². The van der Waals surface area contributed by atoms with Crippen LogP contribution in [-0.2, 0) is 19.4 Å². The molecule has 41 heavy (non-hydrogen) atoms. The number of aryl methyl sites for hydroxylation is 1. The van der Waals surface area contributed by atoms with Crippen LogP contribution >= 0.6 is 0 Å². The van der Waals surface area contributed by atoms with E-state index in [-0.39, 0.29) is 0 Å². The van der Waals surface area contributed by atoms with E-state index in [1.807, 2.05) is 23.0 Å². The van der Waals surface area contributed by atoms with E-state index in [1.54, 1.807) is 14.2 Å². The number of anilines is 1. The molecule has 0 spiro atoms. The van der Waals surface area contributed by atoms with Gasteiger partial charge in [-0.05, 0) is 60.2 Å². The summed E-state index contributed by atoms with van der Waals surface area (Å²) in [5.74, 6) is 2.58. The topological polar surface area (TPSA) is 77.3 Å². The Hall–Kier alpha value is -4.43. The van der Waals surface area contributed by atoms with Crippen LogP contribution < -0.4 is 19.7 Å². The highest BCUT2D eigenvalue weighted by Crippen LogP contribution is 2.39. The second-order valence-corrected chi connectivity index (χ2v) is 10.7. The first-order valence-corrected chi connectivity index (χ1v) is 14.3. The summed E-state index contributed by atoms with van der Waals surface area (Å²) < 4.78 is 13.3. The molecule has 4 heterocycles. The number of ether oxygens (including phenoxy) is 2. The number of hydrogen-bond donors (Lipinski definition) is 1. The average Bonchev–Trinajstić information content (AvgIpc) is 3.66. The lowest BCUT2D eigenvalue weighted by Crippen LogP contribution is -2.43. The van der Waals surface area contributed by atoms with Crippen molar-refractivity contribution in [2.45, 2.75) is 25.8 Å². The van der Waals surface area contributed by atoms with Gasteiger partial charge in [0.15, 0.2) is 0 Å². The number of rotatable bonds is 7. The van der Waals surface area contributed by atoms with Gasteiger partial charge in [0.2, 0.25) is 0 Å². The van der Waals surface area contributed by atoms with Gasteiger partial charge < -0.3 is 19.7 Å². The molecule has 208 valence electrons. The number of aromatic nitrogens is 4. The van der Waals surface area contributed by atoms with Crippen molar-refractivity contribution in [1.82, 2.24) is 25.1 Å². The van der Waals surface area contributed by atoms with Crippen LogP contribution in [-0.4, -0.2) is 60.1 Å². The van der Waals surface area contributed by atoms with Crippen molar-refractivity contribution in [3.05, 3.63) is 83.6 Å². The fourth-order valence-corrected chi connectivity index (χ4v) is 6.09. The summed E-state index contributed by atoms with van der Waals surface area (Å²) in [5.41, 5.74) is 9.49. The van der Waals surface area contributed by atoms with Crippen LogP contribution in [0.15, 0.2) is 66.9 Å². The lowest BCUT2D eigenvalue weighted by atomic mass is 9.99. The second kappa shape index (κ2) is 10.9. The highest BCUT2D eigenvalue weighted by Gasteiger charge is 2.23. The third-order valence-electron chi connectivity index (χ3n) is 8.27. The molecule has 0 radical (unpaired) electrons. The fourth-order valence-electron chi connectivity index (χ4n) is 6.09. The minimum absolute atomic E-state index is 0.595. The Balaban J connectivity index is 1.36. The van der Waals surface area contributed by atoms with E-state index in [9.17, 15) is 0 Å². The van der Waals surface area contributed by atoms with E-state index in [0.717, 1.165) is 95.4 Å². The molecule has 7 rings (SSSR count). The third-order valence-corrected chi connectivity index (χ3v) is 8.27. The van der Waals surface area contributed by atoms with Crippen LogP contribution in [0.3, 0.4) is 0 Å².